The Balaban J connectivity index is 1.03. The van der Waals surface area contributed by atoms with Gasteiger partial charge in [-0.25, -0.2) is 9.97 Å². The third-order valence-electron chi connectivity index (χ3n) is 10.5. The predicted molar refractivity (Wildman–Crippen MR) is 220 cm³/mol. The van der Waals surface area contributed by atoms with Crippen molar-refractivity contribution >= 4 is 29.1 Å². The van der Waals surface area contributed by atoms with Gasteiger partial charge in [0, 0.05) is 40.0 Å². The number of aromatic nitrogens is 3. The summed E-state index contributed by atoms with van der Waals surface area (Å²) in [7, 11) is 0. The van der Waals surface area contributed by atoms with Crippen molar-refractivity contribution in [1.82, 2.24) is 15.0 Å². The Morgan fingerprint density at radius 3 is 1.92 bits per heavy atom. The molecule has 53 heavy (non-hydrogen) atoms. The van der Waals surface area contributed by atoms with Crippen molar-refractivity contribution in [3.8, 4) is 67.2 Å². The van der Waals surface area contributed by atoms with Crippen LogP contribution in [0.1, 0.15) is 28.7 Å². The van der Waals surface area contributed by atoms with Gasteiger partial charge in [-0.3, -0.25) is 4.98 Å². The molecule has 0 amide bonds. The van der Waals surface area contributed by atoms with Crippen LogP contribution in [0.3, 0.4) is 0 Å². The van der Waals surface area contributed by atoms with Gasteiger partial charge in [0.2, 0.25) is 0 Å². The van der Waals surface area contributed by atoms with Crippen LogP contribution < -0.4 is 0 Å². The molecule has 0 saturated heterocycles. The molecule has 3 heteroatoms. The quantitative estimate of drug-likeness (QED) is 0.165. The molecule has 8 aromatic rings. The Bertz CT molecular complexity index is 2770. The van der Waals surface area contributed by atoms with Gasteiger partial charge in [0.25, 0.3) is 0 Å². The van der Waals surface area contributed by atoms with Crippen LogP contribution in [0.5, 0.6) is 0 Å². The molecule has 2 aromatic heterocycles. The summed E-state index contributed by atoms with van der Waals surface area (Å²) >= 11 is 0. The number of benzene rings is 6. The number of hydrogen-bond acceptors (Lipinski definition) is 3. The largest absolute Gasteiger partial charge is 0.256 e. The summed E-state index contributed by atoms with van der Waals surface area (Å²) in [5.41, 5.74) is 21.6. The molecule has 2 heterocycles. The van der Waals surface area contributed by atoms with Crippen molar-refractivity contribution in [2.45, 2.75) is 12.8 Å². The van der Waals surface area contributed by atoms with Crippen LogP contribution in [-0.2, 0) is 6.42 Å². The lowest BCUT2D eigenvalue weighted by Gasteiger charge is -2.18. The van der Waals surface area contributed by atoms with Crippen LogP contribution >= 0.6 is 0 Å². The van der Waals surface area contributed by atoms with E-state index in [0.29, 0.717) is 5.82 Å². The average molecular weight is 676 g/mol. The number of rotatable bonds is 6. The fraction of sp³-hybridized carbons (Fsp3) is 0.0400. The lowest BCUT2D eigenvalue weighted by Crippen LogP contribution is -2.00. The fourth-order valence-corrected chi connectivity index (χ4v) is 7.67. The number of fused-ring (bicyclic) bond motifs is 4. The number of para-hydroxylation sites is 1. The highest BCUT2D eigenvalue weighted by atomic mass is 14.9. The molecule has 0 fully saturated rings. The first-order valence-electron chi connectivity index (χ1n) is 18.1. The van der Waals surface area contributed by atoms with Gasteiger partial charge in [0.1, 0.15) is 0 Å². The molecule has 2 aliphatic carbocycles. The molecule has 0 spiro atoms. The second-order valence-electron chi connectivity index (χ2n) is 13.7. The Morgan fingerprint density at radius 2 is 1.11 bits per heavy atom. The van der Waals surface area contributed by atoms with Crippen LogP contribution in [0.2, 0.25) is 0 Å². The van der Waals surface area contributed by atoms with Gasteiger partial charge in [-0.1, -0.05) is 133 Å². The minimum atomic E-state index is 0.698. The molecular weight excluding hydrogens is 643 g/mol. The minimum absolute atomic E-state index is 0.698. The Morgan fingerprint density at radius 1 is 0.472 bits per heavy atom. The zero-order valence-corrected chi connectivity index (χ0v) is 29.0. The van der Waals surface area contributed by atoms with Crippen molar-refractivity contribution in [1.29, 1.82) is 0 Å². The third kappa shape index (κ3) is 5.70. The molecule has 10 rings (SSSR count). The smallest absolute Gasteiger partial charge is 0.159 e. The summed E-state index contributed by atoms with van der Waals surface area (Å²) in [4.78, 5) is 14.9. The Hall–Kier alpha value is -6.93. The van der Waals surface area contributed by atoms with E-state index in [2.05, 4.69) is 156 Å². The first-order chi connectivity index (χ1) is 26.2. The van der Waals surface area contributed by atoms with E-state index in [1.165, 1.54) is 44.5 Å². The van der Waals surface area contributed by atoms with Gasteiger partial charge in [0.15, 0.2) is 5.82 Å². The number of nitrogens with zero attached hydrogens (tertiary/aromatic N) is 3. The van der Waals surface area contributed by atoms with Crippen molar-refractivity contribution in [2.24, 2.45) is 0 Å². The molecule has 0 unspecified atom stereocenters. The Labute approximate surface area is 309 Å². The maximum absolute atomic E-state index is 5.27. The second kappa shape index (κ2) is 13.0. The fourth-order valence-electron chi connectivity index (χ4n) is 7.67. The lowest BCUT2D eigenvalue weighted by atomic mass is 9.86. The minimum Gasteiger partial charge on any atom is -0.256 e. The topological polar surface area (TPSA) is 38.7 Å². The van der Waals surface area contributed by atoms with Gasteiger partial charge in [-0.05, 0) is 98.8 Å². The Kier molecular flexibility index (Phi) is 7.57. The molecular formula is C50H33N3. The highest BCUT2D eigenvalue weighted by Crippen LogP contribution is 2.39. The summed E-state index contributed by atoms with van der Waals surface area (Å²) in [5.74, 6) is 0.698. The van der Waals surface area contributed by atoms with E-state index >= 15 is 0 Å². The normalized spacial score (nSPS) is 12.6. The van der Waals surface area contributed by atoms with E-state index in [1.54, 1.807) is 0 Å². The van der Waals surface area contributed by atoms with Gasteiger partial charge >= 0.3 is 0 Å². The molecule has 0 atom stereocenters. The molecule has 0 N–H and O–H groups in total. The molecule has 6 aromatic carbocycles. The summed E-state index contributed by atoms with van der Waals surface area (Å²) in [6.07, 6.45) is 14.9. The number of pyridine rings is 1. The summed E-state index contributed by atoms with van der Waals surface area (Å²) in [6.45, 7) is 0. The molecule has 0 aliphatic heterocycles. The van der Waals surface area contributed by atoms with Gasteiger partial charge in [-0.15, -0.1) is 5.73 Å². The highest BCUT2D eigenvalue weighted by molar-refractivity contribution is 5.91. The van der Waals surface area contributed by atoms with Crippen molar-refractivity contribution in [2.75, 3.05) is 0 Å². The van der Waals surface area contributed by atoms with E-state index in [4.69, 9.17) is 9.97 Å². The molecule has 0 radical (unpaired) electrons. The molecule has 3 nitrogen and oxygen atoms in total. The predicted octanol–water partition coefficient (Wildman–Crippen LogP) is 12.6. The third-order valence-corrected chi connectivity index (χ3v) is 10.5. The van der Waals surface area contributed by atoms with E-state index in [0.717, 1.165) is 62.8 Å². The molecule has 2 aliphatic rings. The van der Waals surface area contributed by atoms with Gasteiger partial charge in [0.05, 0.1) is 11.2 Å². The van der Waals surface area contributed by atoms with Gasteiger partial charge < -0.3 is 0 Å². The molecule has 0 bridgehead atoms. The number of aryl methyl sites for hydroxylation is 1. The van der Waals surface area contributed by atoms with Crippen molar-refractivity contribution in [3.05, 3.63) is 186 Å². The second-order valence-corrected chi connectivity index (χ2v) is 13.7. The van der Waals surface area contributed by atoms with E-state index in [-0.39, 0.29) is 0 Å². The summed E-state index contributed by atoms with van der Waals surface area (Å²) < 4.78 is 0. The first-order valence-corrected chi connectivity index (χ1v) is 18.1. The number of hydrogen-bond donors (Lipinski definition) is 0. The van der Waals surface area contributed by atoms with Crippen molar-refractivity contribution in [3.63, 3.8) is 0 Å². The summed E-state index contributed by atoms with van der Waals surface area (Å²) in [5, 5.41) is 1.13. The zero-order valence-electron chi connectivity index (χ0n) is 29.0. The average Bonchev–Trinajstić information content (AvgIpc) is 3.74. The van der Waals surface area contributed by atoms with Crippen LogP contribution in [0.25, 0.3) is 96.3 Å². The molecule has 248 valence electrons. The zero-order chi connectivity index (χ0) is 35.1. The van der Waals surface area contributed by atoms with E-state index < -0.39 is 0 Å². The SMILES string of the molecule is C1=Cc2c(-c3ccc(-c4ncc(-c5ccc(-c6cnc7ccccc7c6)cc5)c(-c5ccc(-c6ccccc6)cc5)n4)cc3)cc3c(c2C=1)C=CCC3. The highest BCUT2D eigenvalue weighted by Gasteiger charge is 2.19. The van der Waals surface area contributed by atoms with E-state index in [1.807, 2.05) is 30.6 Å². The van der Waals surface area contributed by atoms with E-state index in [9.17, 15) is 0 Å². The first kappa shape index (κ1) is 30.9. The maximum Gasteiger partial charge on any atom is 0.159 e. The van der Waals surface area contributed by atoms with Crippen LogP contribution in [-0.4, -0.2) is 15.0 Å². The standard InChI is InChI=1S/C50H33N3/c1-2-9-33(10-3-1)34-19-25-38(26-20-34)49-47(37-21-17-35(18-22-37)42-29-41-12-5-7-16-48(41)51-31-42)32-52-50(53-49)39-27-23-36(24-28-39)46-30-40-11-4-6-13-43(40)44-14-8-15-45(44)46/h1-3,5-7,9-10,12-32H,4,11H2. The van der Waals surface area contributed by atoms with Crippen LogP contribution in [0.4, 0.5) is 0 Å². The van der Waals surface area contributed by atoms with Crippen LogP contribution in [0, 0.1) is 0 Å². The molecule has 0 saturated carbocycles. The summed E-state index contributed by atoms with van der Waals surface area (Å²) in [6, 6.07) is 49.3. The van der Waals surface area contributed by atoms with Gasteiger partial charge in [-0.2, -0.15) is 0 Å². The van der Waals surface area contributed by atoms with Crippen molar-refractivity contribution < 1.29 is 0 Å². The maximum atomic E-state index is 5.27. The monoisotopic (exact) mass is 675 g/mol. The number of allylic oxidation sites excluding steroid dienone is 1. The van der Waals surface area contributed by atoms with Crippen LogP contribution in [0.15, 0.2) is 164 Å². The lowest BCUT2D eigenvalue weighted by molar-refractivity contribution is 0.985.